The van der Waals surface area contributed by atoms with E-state index in [1.807, 2.05) is 0 Å². The minimum atomic E-state index is -0.703. The van der Waals surface area contributed by atoms with E-state index in [1.54, 1.807) is 0 Å². The van der Waals surface area contributed by atoms with Crippen LogP contribution in [0.25, 0.3) is 0 Å². The molecular formula is C8H16Si. The van der Waals surface area contributed by atoms with E-state index in [4.69, 9.17) is 0 Å². The van der Waals surface area contributed by atoms with Crippen molar-refractivity contribution in [3.63, 3.8) is 0 Å². The van der Waals surface area contributed by atoms with Gasteiger partial charge < -0.3 is 0 Å². The molecule has 1 aliphatic heterocycles. The second-order valence-electron chi connectivity index (χ2n) is 3.71. The van der Waals surface area contributed by atoms with Gasteiger partial charge in [-0.15, -0.1) is 0 Å². The minimum Gasteiger partial charge on any atom is -0.0888 e. The first-order valence-corrected chi connectivity index (χ1v) is 7.27. The molecule has 52 valence electrons. The fraction of sp³-hybridized carbons (Fsp3) is 0.750. The van der Waals surface area contributed by atoms with Crippen LogP contribution in [0.5, 0.6) is 0 Å². The van der Waals surface area contributed by atoms with Gasteiger partial charge in [-0.25, -0.2) is 0 Å². The van der Waals surface area contributed by atoms with Gasteiger partial charge in [0.15, 0.2) is 0 Å². The SMILES string of the molecule is C[Si]1(C)CCC=CCC1. The topological polar surface area (TPSA) is 0 Å². The van der Waals surface area contributed by atoms with Crippen molar-refractivity contribution in [2.75, 3.05) is 0 Å². The molecule has 0 unspecified atom stereocenters. The molecule has 0 aliphatic carbocycles. The molecule has 0 saturated heterocycles. The summed E-state index contributed by atoms with van der Waals surface area (Å²) in [4.78, 5) is 0. The van der Waals surface area contributed by atoms with Crippen molar-refractivity contribution in [2.24, 2.45) is 0 Å². The predicted octanol–water partition coefficient (Wildman–Crippen LogP) is 3.04. The van der Waals surface area contributed by atoms with Crippen molar-refractivity contribution < 1.29 is 0 Å². The van der Waals surface area contributed by atoms with Gasteiger partial charge in [-0.05, 0) is 12.8 Å². The van der Waals surface area contributed by atoms with Crippen molar-refractivity contribution in [1.29, 1.82) is 0 Å². The molecule has 1 rings (SSSR count). The van der Waals surface area contributed by atoms with Gasteiger partial charge in [0.2, 0.25) is 0 Å². The molecule has 9 heavy (non-hydrogen) atoms. The Labute approximate surface area is 59.0 Å². The van der Waals surface area contributed by atoms with Gasteiger partial charge in [0.05, 0.1) is 0 Å². The summed E-state index contributed by atoms with van der Waals surface area (Å²) in [7, 11) is -0.703. The van der Waals surface area contributed by atoms with Crippen LogP contribution in [0.1, 0.15) is 12.8 Å². The third-order valence-corrected chi connectivity index (χ3v) is 5.43. The summed E-state index contributed by atoms with van der Waals surface area (Å²) in [6, 6.07) is 3.01. The maximum Gasteiger partial charge on any atom is 0.0479 e. The third-order valence-electron chi connectivity index (χ3n) is 2.14. The van der Waals surface area contributed by atoms with Crippen molar-refractivity contribution in [1.82, 2.24) is 0 Å². The molecule has 0 fully saturated rings. The molecule has 0 bridgehead atoms. The fourth-order valence-electron chi connectivity index (χ4n) is 1.31. The molecule has 0 saturated carbocycles. The maximum absolute atomic E-state index is 2.50. The molecule has 0 aromatic heterocycles. The van der Waals surface area contributed by atoms with Crippen LogP contribution in [0.2, 0.25) is 25.2 Å². The van der Waals surface area contributed by atoms with E-state index in [0.717, 1.165) is 0 Å². The van der Waals surface area contributed by atoms with Gasteiger partial charge in [-0.3, -0.25) is 0 Å². The Morgan fingerprint density at radius 2 is 1.44 bits per heavy atom. The lowest BCUT2D eigenvalue weighted by Crippen LogP contribution is -2.22. The summed E-state index contributed by atoms with van der Waals surface area (Å²) >= 11 is 0. The molecule has 0 N–H and O–H groups in total. The van der Waals surface area contributed by atoms with Gasteiger partial charge in [0.1, 0.15) is 0 Å². The lowest BCUT2D eigenvalue weighted by atomic mass is 10.4. The number of rotatable bonds is 0. The number of hydrogen-bond donors (Lipinski definition) is 0. The highest BCUT2D eigenvalue weighted by atomic mass is 28.3. The van der Waals surface area contributed by atoms with Crippen LogP contribution >= 0.6 is 0 Å². The Morgan fingerprint density at radius 1 is 1.00 bits per heavy atom. The van der Waals surface area contributed by atoms with Gasteiger partial charge in [0, 0.05) is 8.07 Å². The second-order valence-corrected chi connectivity index (χ2v) is 9.04. The monoisotopic (exact) mass is 140 g/mol. The van der Waals surface area contributed by atoms with Crippen LogP contribution in [0.4, 0.5) is 0 Å². The largest absolute Gasteiger partial charge is 0.0888 e. The highest BCUT2D eigenvalue weighted by Crippen LogP contribution is 2.22. The van der Waals surface area contributed by atoms with Crippen LogP contribution in [-0.4, -0.2) is 8.07 Å². The summed E-state index contributed by atoms with van der Waals surface area (Å²) in [6.45, 7) is 5.00. The van der Waals surface area contributed by atoms with E-state index < -0.39 is 8.07 Å². The molecular weight excluding hydrogens is 124 g/mol. The van der Waals surface area contributed by atoms with Crippen LogP contribution in [0.3, 0.4) is 0 Å². The first kappa shape index (κ1) is 7.07. The maximum atomic E-state index is 2.50. The van der Waals surface area contributed by atoms with Crippen LogP contribution < -0.4 is 0 Å². The van der Waals surface area contributed by atoms with Crippen molar-refractivity contribution >= 4 is 8.07 Å². The Balaban J connectivity index is 2.44. The fourth-order valence-corrected chi connectivity index (χ4v) is 3.46. The van der Waals surface area contributed by atoms with Crippen molar-refractivity contribution in [3.8, 4) is 0 Å². The van der Waals surface area contributed by atoms with Crippen LogP contribution in [-0.2, 0) is 0 Å². The Hall–Kier alpha value is -0.0431. The Morgan fingerprint density at radius 3 is 1.89 bits per heavy atom. The van der Waals surface area contributed by atoms with Gasteiger partial charge in [-0.1, -0.05) is 37.3 Å². The third kappa shape index (κ3) is 2.35. The zero-order valence-electron chi connectivity index (χ0n) is 6.48. The first-order chi connectivity index (χ1) is 4.21. The minimum absolute atomic E-state index is 0.703. The molecule has 1 heterocycles. The Bertz CT molecular complexity index is 102. The zero-order valence-corrected chi connectivity index (χ0v) is 7.48. The van der Waals surface area contributed by atoms with Crippen LogP contribution in [0.15, 0.2) is 12.2 Å². The predicted molar refractivity (Wildman–Crippen MR) is 45.5 cm³/mol. The summed E-state index contributed by atoms with van der Waals surface area (Å²) in [5.74, 6) is 0. The molecule has 1 aliphatic rings. The molecule has 0 nitrogen and oxygen atoms in total. The van der Waals surface area contributed by atoms with Gasteiger partial charge in [0.25, 0.3) is 0 Å². The average molecular weight is 140 g/mol. The molecule has 0 spiro atoms. The lowest BCUT2D eigenvalue weighted by molar-refractivity contribution is 1.14. The molecule has 0 atom stereocenters. The lowest BCUT2D eigenvalue weighted by Gasteiger charge is -2.18. The second kappa shape index (κ2) is 2.69. The highest BCUT2D eigenvalue weighted by molar-refractivity contribution is 6.77. The van der Waals surface area contributed by atoms with Crippen molar-refractivity contribution in [2.45, 2.75) is 38.0 Å². The zero-order chi connectivity index (χ0) is 6.74. The first-order valence-electron chi connectivity index (χ1n) is 3.86. The molecule has 0 amide bonds. The van der Waals surface area contributed by atoms with E-state index in [-0.39, 0.29) is 0 Å². The molecule has 0 radical (unpaired) electrons. The smallest absolute Gasteiger partial charge is 0.0479 e. The van der Waals surface area contributed by atoms with E-state index in [9.17, 15) is 0 Å². The molecule has 0 aromatic carbocycles. The highest BCUT2D eigenvalue weighted by Gasteiger charge is 2.19. The molecule has 1 heteroatoms. The number of hydrogen-bond acceptors (Lipinski definition) is 0. The van der Waals surface area contributed by atoms with Gasteiger partial charge in [-0.2, -0.15) is 0 Å². The normalized spacial score (nSPS) is 25.6. The quantitative estimate of drug-likeness (QED) is 0.358. The average Bonchev–Trinajstić information content (AvgIpc) is 1.92. The van der Waals surface area contributed by atoms with E-state index >= 15 is 0 Å². The van der Waals surface area contributed by atoms with E-state index in [0.29, 0.717) is 0 Å². The van der Waals surface area contributed by atoms with Crippen molar-refractivity contribution in [3.05, 3.63) is 12.2 Å². The standard InChI is InChI=1S/C8H16Si/c1-9(2)7-5-3-4-6-8-9/h3-4H,5-8H2,1-2H3. The summed E-state index contributed by atoms with van der Waals surface area (Å²) in [5.41, 5.74) is 0. The summed E-state index contributed by atoms with van der Waals surface area (Å²) in [6.07, 6.45) is 7.39. The number of allylic oxidation sites excluding steroid dienone is 2. The molecule has 0 aromatic rings. The van der Waals surface area contributed by atoms with Gasteiger partial charge >= 0.3 is 0 Å². The van der Waals surface area contributed by atoms with E-state index in [1.165, 1.54) is 24.9 Å². The van der Waals surface area contributed by atoms with E-state index in [2.05, 4.69) is 25.2 Å². The summed E-state index contributed by atoms with van der Waals surface area (Å²) in [5, 5.41) is 0. The Kier molecular flexibility index (Phi) is 2.12. The summed E-state index contributed by atoms with van der Waals surface area (Å²) < 4.78 is 0. The van der Waals surface area contributed by atoms with Crippen LogP contribution in [0, 0.1) is 0 Å².